The van der Waals surface area contributed by atoms with Crippen molar-refractivity contribution in [1.29, 1.82) is 0 Å². The van der Waals surface area contributed by atoms with E-state index in [1.54, 1.807) is 0 Å². The number of hydrogen-bond donors (Lipinski definition) is 0. The highest BCUT2D eigenvalue weighted by Crippen LogP contribution is 2.53. The van der Waals surface area contributed by atoms with Gasteiger partial charge in [-0.05, 0) is 43.5 Å². The van der Waals surface area contributed by atoms with Crippen LogP contribution in [0.2, 0.25) is 5.15 Å². The van der Waals surface area contributed by atoms with Crippen LogP contribution >= 0.6 is 11.6 Å². The predicted octanol–water partition coefficient (Wildman–Crippen LogP) is 4.96. The molecule has 1 spiro atoms. The molecule has 2 heterocycles. The van der Waals surface area contributed by atoms with E-state index >= 15 is 0 Å². The number of nitrogens with zero attached hydrogens (tertiary/aromatic N) is 2. The molecule has 1 saturated carbocycles. The number of ether oxygens (including phenoxy) is 3. The molecule has 5 nitrogen and oxygen atoms in total. The van der Waals surface area contributed by atoms with Crippen LogP contribution in [0.3, 0.4) is 0 Å². The number of halogens is 4. The minimum Gasteiger partial charge on any atom is -0.467 e. The van der Waals surface area contributed by atoms with Gasteiger partial charge in [-0.15, -0.1) is 10.2 Å². The number of fused-ring (bicyclic) bond motifs is 1. The largest absolute Gasteiger partial charge is 0.467 e. The topological polar surface area (TPSA) is 53.5 Å². The first kappa shape index (κ1) is 19.4. The third-order valence-electron chi connectivity index (χ3n) is 5.11. The normalized spacial score (nSPS) is 20.1. The van der Waals surface area contributed by atoms with E-state index < -0.39 is 11.7 Å². The summed E-state index contributed by atoms with van der Waals surface area (Å²) < 4.78 is 55.9. The van der Waals surface area contributed by atoms with Crippen molar-refractivity contribution >= 4 is 11.6 Å². The molecule has 0 N–H and O–H groups in total. The first-order chi connectivity index (χ1) is 13.2. The number of methoxy groups -OCH3 is 1. The summed E-state index contributed by atoms with van der Waals surface area (Å²) in [7, 11) is 1.40. The third kappa shape index (κ3) is 3.44. The van der Waals surface area contributed by atoms with Gasteiger partial charge in [0.2, 0.25) is 0 Å². The van der Waals surface area contributed by atoms with E-state index in [4.69, 9.17) is 25.8 Å². The molecule has 0 unspecified atom stereocenters. The molecule has 0 amide bonds. The number of alkyl halides is 3. The molecule has 1 aromatic carbocycles. The Labute approximate surface area is 164 Å². The molecular weight excluding hydrogens is 397 g/mol. The van der Waals surface area contributed by atoms with Crippen LogP contribution in [0.15, 0.2) is 18.2 Å². The van der Waals surface area contributed by atoms with Gasteiger partial charge in [0.25, 0.3) is 0 Å². The molecule has 150 valence electrons. The number of benzene rings is 1. The zero-order valence-corrected chi connectivity index (χ0v) is 16.0. The van der Waals surface area contributed by atoms with Gasteiger partial charge in [-0.1, -0.05) is 11.6 Å². The summed E-state index contributed by atoms with van der Waals surface area (Å²) >= 11 is 6.26. The first-order valence-corrected chi connectivity index (χ1v) is 9.18. The average molecular weight is 415 g/mol. The Hall–Kier alpha value is -1.90. The van der Waals surface area contributed by atoms with Gasteiger partial charge in [0.15, 0.2) is 11.9 Å². The van der Waals surface area contributed by atoms with Gasteiger partial charge >= 0.3 is 6.18 Å². The second-order valence-electron chi connectivity index (χ2n) is 7.11. The van der Waals surface area contributed by atoms with E-state index in [-0.39, 0.29) is 29.4 Å². The standard InChI is InChI=1S/C19H18ClF3N2O3/c1-10-15-13(8-18(28-10)5-6-18)16(24-25-17(15)20)12-4-3-11(19(21,22)23)7-14(12)27-9-26-2/h3-4,7,10H,5-6,8-9H2,1-2H3/t10-/m1/s1. The van der Waals surface area contributed by atoms with Gasteiger partial charge in [-0.25, -0.2) is 0 Å². The summed E-state index contributed by atoms with van der Waals surface area (Å²) in [5.41, 5.74) is 1.39. The highest BCUT2D eigenvalue weighted by Gasteiger charge is 2.50. The lowest BCUT2D eigenvalue weighted by Crippen LogP contribution is -2.28. The summed E-state index contributed by atoms with van der Waals surface area (Å²) in [5.74, 6) is 0.0273. The van der Waals surface area contributed by atoms with Crippen molar-refractivity contribution in [3.8, 4) is 17.0 Å². The lowest BCUT2D eigenvalue weighted by atomic mass is 9.90. The molecule has 1 atom stereocenters. The molecule has 0 radical (unpaired) electrons. The van der Waals surface area contributed by atoms with Crippen LogP contribution in [0.4, 0.5) is 13.2 Å². The maximum absolute atomic E-state index is 13.2. The Balaban J connectivity index is 1.86. The SMILES string of the molecule is COCOc1cc(C(F)(F)F)ccc1-c1nnc(Cl)c2c1CC1(CC1)O[C@@H]2C. The Bertz CT molecular complexity index is 916. The van der Waals surface area contributed by atoms with Gasteiger partial charge in [-0.2, -0.15) is 13.2 Å². The van der Waals surface area contributed by atoms with Crippen molar-refractivity contribution in [2.45, 2.75) is 44.1 Å². The second-order valence-corrected chi connectivity index (χ2v) is 7.47. The molecule has 1 aromatic heterocycles. The summed E-state index contributed by atoms with van der Waals surface area (Å²) in [5, 5.41) is 8.46. The monoisotopic (exact) mass is 414 g/mol. The van der Waals surface area contributed by atoms with E-state index in [0.717, 1.165) is 36.1 Å². The second kappa shape index (κ2) is 6.86. The van der Waals surface area contributed by atoms with Crippen LogP contribution in [0.1, 0.15) is 42.6 Å². The molecule has 9 heteroatoms. The molecule has 1 aliphatic carbocycles. The molecular formula is C19H18ClF3N2O3. The number of hydrogen-bond acceptors (Lipinski definition) is 5. The summed E-state index contributed by atoms with van der Waals surface area (Å²) in [6.07, 6.45) is -2.32. The van der Waals surface area contributed by atoms with Crippen molar-refractivity contribution in [3.63, 3.8) is 0 Å². The molecule has 4 rings (SSSR count). The highest BCUT2D eigenvalue weighted by molar-refractivity contribution is 6.30. The van der Waals surface area contributed by atoms with E-state index in [2.05, 4.69) is 10.2 Å². The molecule has 28 heavy (non-hydrogen) atoms. The summed E-state index contributed by atoms with van der Waals surface area (Å²) in [6.45, 7) is 1.70. The smallest absolute Gasteiger partial charge is 0.416 e. The average Bonchev–Trinajstić information content (AvgIpc) is 3.37. The maximum atomic E-state index is 13.2. The highest BCUT2D eigenvalue weighted by atomic mass is 35.5. The van der Waals surface area contributed by atoms with Crippen LogP contribution in [0, 0.1) is 0 Å². The zero-order valence-electron chi connectivity index (χ0n) is 15.3. The van der Waals surface area contributed by atoms with Gasteiger partial charge in [0.1, 0.15) is 11.4 Å². The third-order valence-corrected chi connectivity index (χ3v) is 5.39. The van der Waals surface area contributed by atoms with Crippen LogP contribution in [-0.2, 0) is 22.1 Å². The van der Waals surface area contributed by atoms with E-state index in [1.807, 2.05) is 6.92 Å². The van der Waals surface area contributed by atoms with Crippen molar-refractivity contribution in [3.05, 3.63) is 40.0 Å². The number of rotatable bonds is 4. The predicted molar refractivity (Wildman–Crippen MR) is 95.2 cm³/mol. The fourth-order valence-corrected chi connectivity index (χ4v) is 3.94. The van der Waals surface area contributed by atoms with E-state index in [1.165, 1.54) is 13.2 Å². The van der Waals surface area contributed by atoms with Crippen LogP contribution in [0.5, 0.6) is 5.75 Å². The van der Waals surface area contributed by atoms with Crippen molar-refractivity contribution < 1.29 is 27.4 Å². The molecule has 2 aliphatic rings. The van der Waals surface area contributed by atoms with Crippen molar-refractivity contribution in [2.24, 2.45) is 0 Å². The Morgan fingerprint density at radius 2 is 2.04 bits per heavy atom. The van der Waals surface area contributed by atoms with E-state index in [9.17, 15) is 13.2 Å². The molecule has 0 bridgehead atoms. The Morgan fingerprint density at radius 1 is 1.29 bits per heavy atom. The summed E-state index contributed by atoms with van der Waals surface area (Å²) in [6, 6.07) is 3.31. The van der Waals surface area contributed by atoms with Gasteiger partial charge in [0.05, 0.1) is 17.3 Å². The van der Waals surface area contributed by atoms with Gasteiger partial charge in [0, 0.05) is 24.7 Å². The minimum absolute atomic E-state index is 0.0273. The first-order valence-electron chi connectivity index (χ1n) is 8.80. The minimum atomic E-state index is -4.49. The molecule has 0 saturated heterocycles. The zero-order chi connectivity index (χ0) is 20.1. The quantitative estimate of drug-likeness (QED) is 0.661. The van der Waals surface area contributed by atoms with Crippen molar-refractivity contribution in [1.82, 2.24) is 10.2 Å². The molecule has 1 aliphatic heterocycles. The lowest BCUT2D eigenvalue weighted by Gasteiger charge is -2.32. The fourth-order valence-electron chi connectivity index (χ4n) is 3.64. The molecule has 1 fully saturated rings. The van der Waals surface area contributed by atoms with Crippen LogP contribution in [0.25, 0.3) is 11.3 Å². The van der Waals surface area contributed by atoms with Crippen LogP contribution < -0.4 is 4.74 Å². The lowest BCUT2D eigenvalue weighted by molar-refractivity contribution is -0.137. The van der Waals surface area contributed by atoms with Crippen LogP contribution in [-0.4, -0.2) is 29.7 Å². The number of aromatic nitrogens is 2. The molecule has 2 aromatic rings. The Kier molecular flexibility index (Phi) is 4.76. The van der Waals surface area contributed by atoms with Crippen molar-refractivity contribution in [2.75, 3.05) is 13.9 Å². The van der Waals surface area contributed by atoms with Gasteiger partial charge in [-0.3, -0.25) is 0 Å². The summed E-state index contributed by atoms with van der Waals surface area (Å²) in [4.78, 5) is 0. The van der Waals surface area contributed by atoms with Gasteiger partial charge < -0.3 is 14.2 Å². The van der Waals surface area contributed by atoms with E-state index in [0.29, 0.717) is 17.7 Å². The fraction of sp³-hybridized carbons (Fsp3) is 0.474. The Morgan fingerprint density at radius 3 is 2.68 bits per heavy atom. The maximum Gasteiger partial charge on any atom is 0.416 e.